The number of halogens is 1. The van der Waals surface area contributed by atoms with E-state index in [1.54, 1.807) is 50.4 Å². The first-order valence-corrected chi connectivity index (χ1v) is 6.48. The van der Waals surface area contributed by atoms with Crippen molar-refractivity contribution in [3.05, 3.63) is 71.7 Å². The molecule has 2 aromatic rings. The minimum atomic E-state index is -0.295. The molecule has 108 valence electrons. The number of carbonyl (C=O) groups is 1. The number of benzene rings is 2. The van der Waals surface area contributed by atoms with E-state index in [4.69, 9.17) is 4.74 Å². The van der Waals surface area contributed by atoms with E-state index in [2.05, 4.69) is 5.32 Å². The molecule has 2 aromatic carbocycles. The number of carbonyl (C=O) groups excluding carboxylic acids is 1. The second kappa shape index (κ2) is 6.70. The zero-order valence-electron chi connectivity index (χ0n) is 11.9. The molecule has 0 spiro atoms. The molecular formula is C17H16FNO2. The third kappa shape index (κ3) is 4.18. The Morgan fingerprint density at radius 2 is 1.71 bits per heavy atom. The van der Waals surface area contributed by atoms with Crippen molar-refractivity contribution in [2.45, 2.75) is 6.92 Å². The standard InChI is InChI=1S/C17H16FNO2/c1-12(19-15-7-5-14(18)6-8-15)11-17(20)13-3-9-16(21-2)10-4-13/h3-11,19H,1-2H3/b12-11+. The van der Waals surface area contributed by atoms with Crippen LogP contribution in [-0.2, 0) is 0 Å². The molecule has 0 fully saturated rings. The van der Waals surface area contributed by atoms with Crippen molar-refractivity contribution in [1.29, 1.82) is 0 Å². The van der Waals surface area contributed by atoms with Gasteiger partial charge in [0.25, 0.3) is 0 Å². The fourth-order valence-electron chi connectivity index (χ4n) is 1.83. The van der Waals surface area contributed by atoms with Gasteiger partial charge in [-0.05, 0) is 55.5 Å². The Hall–Kier alpha value is -2.62. The largest absolute Gasteiger partial charge is 0.497 e. The summed E-state index contributed by atoms with van der Waals surface area (Å²) in [6.45, 7) is 1.78. The number of allylic oxidation sites excluding steroid dienone is 2. The molecule has 0 atom stereocenters. The highest BCUT2D eigenvalue weighted by Gasteiger charge is 2.04. The Morgan fingerprint density at radius 3 is 2.29 bits per heavy atom. The van der Waals surface area contributed by atoms with E-state index in [9.17, 15) is 9.18 Å². The molecular weight excluding hydrogens is 269 g/mol. The average molecular weight is 285 g/mol. The number of methoxy groups -OCH3 is 1. The third-order valence-corrected chi connectivity index (χ3v) is 2.91. The van der Waals surface area contributed by atoms with Gasteiger partial charge in [-0.2, -0.15) is 0 Å². The molecule has 0 aliphatic carbocycles. The molecule has 2 rings (SSSR count). The van der Waals surface area contributed by atoms with E-state index in [-0.39, 0.29) is 11.6 Å². The highest BCUT2D eigenvalue weighted by Crippen LogP contribution is 2.14. The SMILES string of the molecule is COc1ccc(C(=O)/C=C(\C)Nc2ccc(F)cc2)cc1. The van der Waals surface area contributed by atoms with Crippen molar-refractivity contribution in [3.8, 4) is 5.75 Å². The molecule has 0 radical (unpaired) electrons. The van der Waals surface area contributed by atoms with Crippen LogP contribution in [0, 0.1) is 5.82 Å². The smallest absolute Gasteiger partial charge is 0.187 e. The summed E-state index contributed by atoms with van der Waals surface area (Å²) >= 11 is 0. The highest BCUT2D eigenvalue weighted by atomic mass is 19.1. The van der Waals surface area contributed by atoms with Crippen molar-refractivity contribution in [2.24, 2.45) is 0 Å². The molecule has 0 heterocycles. The molecule has 0 bridgehead atoms. The molecule has 0 aliphatic rings. The summed E-state index contributed by atoms with van der Waals surface area (Å²) in [5.41, 5.74) is 1.99. The van der Waals surface area contributed by atoms with E-state index in [1.807, 2.05) is 0 Å². The molecule has 21 heavy (non-hydrogen) atoms. The molecule has 1 N–H and O–H groups in total. The van der Waals surface area contributed by atoms with Gasteiger partial charge in [0.05, 0.1) is 7.11 Å². The molecule has 0 aromatic heterocycles. The molecule has 0 amide bonds. The van der Waals surface area contributed by atoms with Gasteiger partial charge in [0.1, 0.15) is 11.6 Å². The molecule has 0 saturated carbocycles. The maximum Gasteiger partial charge on any atom is 0.187 e. The lowest BCUT2D eigenvalue weighted by molar-refractivity contribution is 0.104. The van der Waals surface area contributed by atoms with Gasteiger partial charge in [0.2, 0.25) is 0 Å². The zero-order valence-corrected chi connectivity index (χ0v) is 11.9. The topological polar surface area (TPSA) is 38.3 Å². The Labute approximate surface area is 123 Å². The lowest BCUT2D eigenvalue weighted by Gasteiger charge is -2.06. The summed E-state index contributed by atoms with van der Waals surface area (Å²) in [4.78, 5) is 12.1. The summed E-state index contributed by atoms with van der Waals surface area (Å²) in [7, 11) is 1.58. The number of rotatable bonds is 5. The Kier molecular flexibility index (Phi) is 4.72. The Bertz CT molecular complexity index is 645. The fraction of sp³-hybridized carbons (Fsp3) is 0.118. The Balaban J connectivity index is 2.06. The quantitative estimate of drug-likeness (QED) is 0.665. The van der Waals surface area contributed by atoms with E-state index >= 15 is 0 Å². The van der Waals surface area contributed by atoms with Crippen molar-refractivity contribution < 1.29 is 13.9 Å². The van der Waals surface area contributed by atoms with Crippen LogP contribution in [-0.4, -0.2) is 12.9 Å². The molecule has 0 aliphatic heterocycles. The van der Waals surface area contributed by atoms with Crippen LogP contribution < -0.4 is 10.1 Å². The molecule has 0 saturated heterocycles. The van der Waals surface area contributed by atoms with Crippen LogP contribution in [0.4, 0.5) is 10.1 Å². The van der Waals surface area contributed by atoms with Crippen molar-refractivity contribution in [1.82, 2.24) is 0 Å². The van der Waals surface area contributed by atoms with E-state index in [0.717, 1.165) is 5.69 Å². The first-order valence-electron chi connectivity index (χ1n) is 6.48. The van der Waals surface area contributed by atoms with Crippen molar-refractivity contribution in [3.63, 3.8) is 0 Å². The number of nitrogens with one attached hydrogen (secondary N) is 1. The second-order valence-corrected chi connectivity index (χ2v) is 4.55. The fourth-order valence-corrected chi connectivity index (χ4v) is 1.83. The lowest BCUT2D eigenvalue weighted by Crippen LogP contribution is -2.01. The summed E-state index contributed by atoms with van der Waals surface area (Å²) in [5, 5.41) is 3.04. The van der Waals surface area contributed by atoms with Gasteiger partial charge in [0.15, 0.2) is 5.78 Å². The van der Waals surface area contributed by atoms with Crippen molar-refractivity contribution >= 4 is 11.5 Å². The average Bonchev–Trinajstić information content (AvgIpc) is 2.49. The van der Waals surface area contributed by atoms with Crippen LogP contribution in [0.2, 0.25) is 0 Å². The molecule has 0 unspecified atom stereocenters. The number of anilines is 1. The minimum Gasteiger partial charge on any atom is -0.497 e. The van der Waals surface area contributed by atoms with E-state index in [1.165, 1.54) is 18.2 Å². The normalized spacial score (nSPS) is 11.1. The van der Waals surface area contributed by atoms with Gasteiger partial charge in [-0.15, -0.1) is 0 Å². The van der Waals surface area contributed by atoms with Gasteiger partial charge in [0, 0.05) is 23.0 Å². The summed E-state index contributed by atoms with van der Waals surface area (Å²) in [6, 6.07) is 12.9. The number of ether oxygens (including phenoxy) is 1. The number of hydrogen-bond acceptors (Lipinski definition) is 3. The van der Waals surface area contributed by atoms with Crippen LogP contribution in [0.15, 0.2) is 60.3 Å². The Morgan fingerprint density at radius 1 is 1.10 bits per heavy atom. The highest BCUT2D eigenvalue weighted by molar-refractivity contribution is 6.05. The van der Waals surface area contributed by atoms with Gasteiger partial charge >= 0.3 is 0 Å². The summed E-state index contributed by atoms with van der Waals surface area (Å²) in [5.74, 6) is 0.304. The third-order valence-electron chi connectivity index (χ3n) is 2.91. The maximum atomic E-state index is 12.8. The predicted octanol–water partition coefficient (Wildman–Crippen LogP) is 4.03. The molecule has 3 nitrogen and oxygen atoms in total. The number of hydrogen-bond donors (Lipinski definition) is 1. The van der Waals surface area contributed by atoms with Crippen LogP contribution in [0.25, 0.3) is 0 Å². The minimum absolute atomic E-state index is 0.107. The van der Waals surface area contributed by atoms with Gasteiger partial charge in [-0.1, -0.05) is 0 Å². The first kappa shape index (κ1) is 14.8. The summed E-state index contributed by atoms with van der Waals surface area (Å²) < 4.78 is 17.9. The second-order valence-electron chi connectivity index (χ2n) is 4.55. The van der Waals surface area contributed by atoms with E-state index < -0.39 is 0 Å². The van der Waals surface area contributed by atoms with Crippen LogP contribution in [0.3, 0.4) is 0 Å². The van der Waals surface area contributed by atoms with Gasteiger partial charge < -0.3 is 10.1 Å². The van der Waals surface area contributed by atoms with Crippen LogP contribution >= 0.6 is 0 Å². The zero-order chi connectivity index (χ0) is 15.2. The maximum absolute atomic E-state index is 12.8. The van der Waals surface area contributed by atoms with Gasteiger partial charge in [-0.3, -0.25) is 4.79 Å². The number of ketones is 1. The van der Waals surface area contributed by atoms with Gasteiger partial charge in [-0.25, -0.2) is 4.39 Å². The van der Waals surface area contributed by atoms with E-state index in [0.29, 0.717) is 17.0 Å². The summed E-state index contributed by atoms with van der Waals surface area (Å²) in [6.07, 6.45) is 1.51. The van der Waals surface area contributed by atoms with Crippen LogP contribution in [0.1, 0.15) is 17.3 Å². The molecule has 4 heteroatoms. The van der Waals surface area contributed by atoms with Crippen molar-refractivity contribution in [2.75, 3.05) is 12.4 Å². The predicted molar refractivity (Wildman–Crippen MR) is 81.1 cm³/mol. The monoisotopic (exact) mass is 285 g/mol. The first-order chi connectivity index (χ1) is 10.1. The lowest BCUT2D eigenvalue weighted by atomic mass is 10.1. The van der Waals surface area contributed by atoms with Crippen LogP contribution in [0.5, 0.6) is 5.75 Å².